The zero-order valence-electron chi connectivity index (χ0n) is 12.3. The minimum Gasteiger partial charge on any atom is -0.324 e. The summed E-state index contributed by atoms with van der Waals surface area (Å²) in [6, 6.07) is 7.94. The predicted molar refractivity (Wildman–Crippen MR) is 86.5 cm³/mol. The summed E-state index contributed by atoms with van der Waals surface area (Å²) in [6.07, 6.45) is 3.95. The molecule has 1 atom stereocenters. The second-order valence-corrected chi connectivity index (χ2v) is 5.57. The highest BCUT2D eigenvalue weighted by molar-refractivity contribution is 5.93. The first-order valence-electron chi connectivity index (χ1n) is 6.87. The second-order valence-electron chi connectivity index (χ2n) is 5.57. The molecule has 0 amide bonds. The fourth-order valence-corrected chi connectivity index (χ4v) is 2.43. The van der Waals surface area contributed by atoms with E-state index in [0.717, 1.165) is 29.3 Å². The van der Waals surface area contributed by atoms with Crippen LogP contribution < -0.4 is 5.73 Å². The van der Waals surface area contributed by atoms with E-state index in [0.29, 0.717) is 5.92 Å². The predicted octanol–water partition coefficient (Wildman–Crippen LogP) is 4.16. The summed E-state index contributed by atoms with van der Waals surface area (Å²) < 4.78 is 1.69. The number of aromatic nitrogens is 1. The van der Waals surface area contributed by atoms with Gasteiger partial charge in [0.1, 0.15) is 0 Å². The summed E-state index contributed by atoms with van der Waals surface area (Å²) in [5.74, 6) is 0.672. The van der Waals surface area contributed by atoms with Crippen molar-refractivity contribution in [2.24, 2.45) is 11.7 Å². The van der Waals surface area contributed by atoms with E-state index in [2.05, 4.69) is 13.8 Å². The molecule has 0 aliphatic carbocycles. The Morgan fingerprint density at radius 2 is 1.90 bits per heavy atom. The number of benzene rings is 1. The molecule has 4 heteroatoms. The van der Waals surface area contributed by atoms with Gasteiger partial charge in [-0.1, -0.05) is 32.0 Å². The Kier molecular flexibility index (Phi) is 5.78. The van der Waals surface area contributed by atoms with E-state index in [1.54, 1.807) is 11.5 Å². The van der Waals surface area contributed by atoms with Crippen LogP contribution in [0.1, 0.15) is 50.0 Å². The van der Waals surface area contributed by atoms with Crippen LogP contribution in [0.5, 0.6) is 0 Å². The topological polar surface area (TPSA) is 48.0 Å². The molecule has 0 bridgehead atoms. The molecule has 3 nitrogen and oxygen atoms in total. The molecular formula is C16H23ClN2O. The Hall–Kier alpha value is -1.32. The molecule has 2 aromatic rings. The fourth-order valence-electron chi connectivity index (χ4n) is 2.43. The number of carbonyl (C=O) groups is 1. The van der Waals surface area contributed by atoms with Crippen LogP contribution >= 0.6 is 12.4 Å². The van der Waals surface area contributed by atoms with Crippen LogP contribution in [0.4, 0.5) is 0 Å². The molecular weight excluding hydrogens is 272 g/mol. The van der Waals surface area contributed by atoms with Crippen LogP contribution in [-0.2, 0) is 0 Å². The fraction of sp³-hybridized carbons (Fsp3) is 0.438. The van der Waals surface area contributed by atoms with Gasteiger partial charge in [-0.05, 0) is 30.4 Å². The van der Waals surface area contributed by atoms with Crippen molar-refractivity contribution in [3.05, 3.63) is 36.0 Å². The third-order valence-corrected chi connectivity index (χ3v) is 3.54. The molecule has 1 aromatic carbocycles. The third-order valence-electron chi connectivity index (χ3n) is 3.54. The SMILES string of the molecule is CC(=O)n1cc([C@@H](N)CCC(C)C)c2ccccc21.Cl. The van der Waals surface area contributed by atoms with Crippen LogP contribution in [0.15, 0.2) is 30.5 Å². The number of halogens is 1. The van der Waals surface area contributed by atoms with E-state index < -0.39 is 0 Å². The standard InChI is InChI=1S/C16H22N2O.ClH/c1-11(2)8-9-15(17)14-10-18(12(3)19)16-7-5-4-6-13(14)16;/h4-7,10-11,15H,8-9,17H2,1-3H3;1H/t15-;/m0./s1. The molecule has 2 N–H and O–H groups in total. The summed E-state index contributed by atoms with van der Waals surface area (Å²) in [6.45, 7) is 5.98. The molecule has 0 aliphatic heterocycles. The van der Waals surface area contributed by atoms with E-state index in [9.17, 15) is 4.79 Å². The molecule has 20 heavy (non-hydrogen) atoms. The number of rotatable bonds is 4. The van der Waals surface area contributed by atoms with Gasteiger partial charge in [-0.2, -0.15) is 0 Å². The average Bonchev–Trinajstić information content (AvgIpc) is 2.75. The molecule has 0 saturated heterocycles. The quantitative estimate of drug-likeness (QED) is 0.920. The first kappa shape index (κ1) is 16.7. The minimum atomic E-state index is -0.00657. The van der Waals surface area contributed by atoms with E-state index in [4.69, 9.17) is 5.73 Å². The monoisotopic (exact) mass is 294 g/mol. The molecule has 0 aliphatic rings. The van der Waals surface area contributed by atoms with E-state index in [-0.39, 0.29) is 24.4 Å². The van der Waals surface area contributed by atoms with Crippen LogP contribution in [0, 0.1) is 5.92 Å². The summed E-state index contributed by atoms with van der Waals surface area (Å²) in [4.78, 5) is 11.7. The van der Waals surface area contributed by atoms with Crippen LogP contribution in [0.25, 0.3) is 10.9 Å². The smallest absolute Gasteiger partial charge is 0.227 e. The number of fused-ring (bicyclic) bond motifs is 1. The number of para-hydroxylation sites is 1. The lowest BCUT2D eigenvalue weighted by Crippen LogP contribution is -2.11. The van der Waals surface area contributed by atoms with Crippen molar-refractivity contribution in [1.82, 2.24) is 4.57 Å². The van der Waals surface area contributed by atoms with Crippen molar-refractivity contribution < 1.29 is 4.79 Å². The number of hydrogen-bond donors (Lipinski definition) is 1. The van der Waals surface area contributed by atoms with Gasteiger partial charge in [-0.25, -0.2) is 0 Å². The molecule has 0 spiro atoms. The lowest BCUT2D eigenvalue weighted by atomic mass is 9.98. The van der Waals surface area contributed by atoms with Crippen molar-refractivity contribution in [2.45, 2.75) is 39.7 Å². The number of nitrogens with two attached hydrogens (primary N) is 1. The van der Waals surface area contributed by atoms with Gasteiger partial charge < -0.3 is 5.73 Å². The maximum absolute atomic E-state index is 11.7. The van der Waals surface area contributed by atoms with E-state index >= 15 is 0 Å². The van der Waals surface area contributed by atoms with Crippen molar-refractivity contribution in [3.63, 3.8) is 0 Å². The zero-order chi connectivity index (χ0) is 14.0. The maximum atomic E-state index is 11.7. The second kappa shape index (κ2) is 6.91. The van der Waals surface area contributed by atoms with Gasteiger partial charge in [0.15, 0.2) is 0 Å². The highest BCUT2D eigenvalue weighted by atomic mass is 35.5. The molecule has 2 rings (SSSR count). The minimum absolute atomic E-state index is 0. The lowest BCUT2D eigenvalue weighted by molar-refractivity contribution is 0.0941. The molecule has 110 valence electrons. The normalized spacial score (nSPS) is 12.4. The Labute approximate surface area is 126 Å². The molecule has 1 aromatic heterocycles. The van der Waals surface area contributed by atoms with Crippen molar-refractivity contribution in [3.8, 4) is 0 Å². The summed E-state index contributed by atoms with van der Waals surface area (Å²) >= 11 is 0. The maximum Gasteiger partial charge on any atom is 0.227 e. The molecule has 0 fully saturated rings. The molecule has 0 radical (unpaired) electrons. The van der Waals surface area contributed by atoms with Gasteiger partial charge >= 0.3 is 0 Å². The number of nitrogens with zero attached hydrogens (tertiary/aromatic N) is 1. The Morgan fingerprint density at radius 1 is 1.25 bits per heavy atom. The molecule has 0 saturated carbocycles. The van der Waals surface area contributed by atoms with Gasteiger partial charge in [0.25, 0.3) is 0 Å². The summed E-state index contributed by atoms with van der Waals surface area (Å²) in [7, 11) is 0. The van der Waals surface area contributed by atoms with Crippen molar-refractivity contribution in [1.29, 1.82) is 0 Å². The largest absolute Gasteiger partial charge is 0.324 e. The van der Waals surface area contributed by atoms with Gasteiger partial charge in [0.2, 0.25) is 5.91 Å². The van der Waals surface area contributed by atoms with Gasteiger partial charge in [-0.15, -0.1) is 12.4 Å². The first-order chi connectivity index (χ1) is 9.00. The Bertz CT molecular complexity index is 589. The van der Waals surface area contributed by atoms with E-state index in [1.807, 2.05) is 30.5 Å². The van der Waals surface area contributed by atoms with Crippen LogP contribution in [0.3, 0.4) is 0 Å². The van der Waals surface area contributed by atoms with Gasteiger partial charge in [0.05, 0.1) is 5.52 Å². The average molecular weight is 295 g/mol. The van der Waals surface area contributed by atoms with Crippen molar-refractivity contribution in [2.75, 3.05) is 0 Å². The first-order valence-corrected chi connectivity index (χ1v) is 6.87. The van der Waals surface area contributed by atoms with Gasteiger partial charge in [-0.3, -0.25) is 9.36 Å². The third kappa shape index (κ3) is 3.41. The molecule has 1 heterocycles. The Balaban J connectivity index is 0.00000200. The van der Waals surface area contributed by atoms with Gasteiger partial charge in [0, 0.05) is 24.5 Å². The Morgan fingerprint density at radius 3 is 2.50 bits per heavy atom. The number of carbonyl (C=O) groups excluding carboxylic acids is 1. The highest BCUT2D eigenvalue weighted by Gasteiger charge is 2.16. The summed E-state index contributed by atoms with van der Waals surface area (Å²) in [5, 5.41) is 1.09. The van der Waals surface area contributed by atoms with E-state index in [1.165, 1.54) is 0 Å². The lowest BCUT2D eigenvalue weighted by Gasteiger charge is -2.12. The van der Waals surface area contributed by atoms with Crippen molar-refractivity contribution >= 4 is 29.2 Å². The highest BCUT2D eigenvalue weighted by Crippen LogP contribution is 2.28. The summed E-state index contributed by atoms with van der Waals surface area (Å²) in [5.41, 5.74) is 8.32. The van der Waals surface area contributed by atoms with Crippen LogP contribution in [0.2, 0.25) is 0 Å². The number of hydrogen-bond acceptors (Lipinski definition) is 2. The van der Waals surface area contributed by atoms with Crippen LogP contribution in [-0.4, -0.2) is 10.5 Å². The molecule has 0 unspecified atom stereocenters. The zero-order valence-corrected chi connectivity index (χ0v) is 13.1.